The van der Waals surface area contributed by atoms with E-state index in [1.165, 1.54) is 0 Å². The lowest BCUT2D eigenvalue weighted by atomic mass is 10.6. The van der Waals surface area contributed by atoms with Crippen molar-refractivity contribution in [2.24, 2.45) is 0 Å². The molecule has 7 heteroatoms. The van der Waals surface area contributed by atoms with E-state index in [1.54, 1.807) is 0 Å². The fourth-order valence-corrected chi connectivity index (χ4v) is 0.335. The monoisotopic (exact) mass is 197 g/mol. The zero-order chi connectivity index (χ0) is 9.28. The van der Waals surface area contributed by atoms with Gasteiger partial charge in [-0.3, -0.25) is 4.46 Å². The summed E-state index contributed by atoms with van der Waals surface area (Å²) in [5.74, 6) is 0.667. The smallest absolute Gasteiger partial charge is 0.511 e. The standard InChI is InChI=1S/C3H5ClO.CHN.H2O3Si/c4-1-3-2-5-3;1-2;1-4(2)3/h3H,1-2H2;1H;1-2H. The van der Waals surface area contributed by atoms with E-state index in [9.17, 15) is 0 Å². The van der Waals surface area contributed by atoms with Gasteiger partial charge >= 0.3 is 9.17 Å². The Bertz CT molecular complexity index is 123. The zero-order valence-corrected chi connectivity index (χ0v) is 7.36. The number of rotatable bonds is 1. The first-order valence-corrected chi connectivity index (χ1v) is 4.35. The third-order valence-corrected chi connectivity index (χ3v) is 0.919. The van der Waals surface area contributed by atoms with Crippen LogP contribution in [0.2, 0.25) is 0 Å². The normalized spacial score (nSPS) is 17.9. The maximum absolute atomic E-state index is 8.74. The Morgan fingerprint density at radius 3 is 2.00 bits per heavy atom. The SMILES string of the molecule is C#N.ClCC1CO1.O=[Si](O)O. The van der Waals surface area contributed by atoms with E-state index in [1.807, 2.05) is 0 Å². The first kappa shape index (κ1) is 13.0. The van der Waals surface area contributed by atoms with Crippen LogP contribution in [0.25, 0.3) is 0 Å². The van der Waals surface area contributed by atoms with Crippen molar-refractivity contribution < 1.29 is 18.8 Å². The van der Waals surface area contributed by atoms with Gasteiger partial charge in [-0.05, 0) is 0 Å². The van der Waals surface area contributed by atoms with Gasteiger partial charge in [-0.2, -0.15) is 0 Å². The summed E-state index contributed by atoms with van der Waals surface area (Å²) in [4.78, 5) is 14.3. The molecular weight excluding hydrogens is 190 g/mol. The lowest BCUT2D eigenvalue weighted by Gasteiger charge is -1.67. The molecule has 1 fully saturated rings. The second kappa shape index (κ2) is 9.36. The number of ether oxygens (including phenoxy) is 1. The number of epoxide rings is 1. The van der Waals surface area contributed by atoms with Crippen molar-refractivity contribution in [1.29, 1.82) is 5.26 Å². The second-order valence-electron chi connectivity index (χ2n) is 1.39. The van der Waals surface area contributed by atoms with Gasteiger partial charge in [0.2, 0.25) is 0 Å². The molecule has 1 aliphatic rings. The van der Waals surface area contributed by atoms with Gasteiger partial charge in [-0.1, -0.05) is 0 Å². The molecule has 0 aliphatic carbocycles. The van der Waals surface area contributed by atoms with E-state index in [4.69, 9.17) is 35.7 Å². The molecule has 0 bridgehead atoms. The molecule has 1 heterocycles. The van der Waals surface area contributed by atoms with Crippen LogP contribution in [0.4, 0.5) is 0 Å². The molecule has 5 nitrogen and oxygen atoms in total. The van der Waals surface area contributed by atoms with Crippen LogP contribution in [-0.4, -0.2) is 37.4 Å². The molecule has 1 saturated heterocycles. The summed E-state index contributed by atoms with van der Waals surface area (Å²) in [6, 6.07) is 0. The minimum atomic E-state index is -3.13. The molecule has 2 N–H and O–H groups in total. The van der Waals surface area contributed by atoms with Crippen LogP contribution in [0.1, 0.15) is 0 Å². The molecule has 0 saturated carbocycles. The minimum absolute atomic E-state index is 0.400. The number of nitriles is 1. The average molecular weight is 198 g/mol. The van der Waals surface area contributed by atoms with Crippen molar-refractivity contribution in [3.63, 3.8) is 0 Å². The van der Waals surface area contributed by atoms with Gasteiger partial charge in [-0.25, -0.2) is 5.26 Å². The van der Waals surface area contributed by atoms with Crippen molar-refractivity contribution in [1.82, 2.24) is 0 Å². The third-order valence-electron chi connectivity index (χ3n) is 0.574. The van der Waals surface area contributed by atoms with Gasteiger partial charge in [0, 0.05) is 6.57 Å². The Morgan fingerprint density at radius 1 is 1.73 bits per heavy atom. The summed E-state index contributed by atoms with van der Waals surface area (Å²) in [6.07, 6.45) is 0.400. The third kappa shape index (κ3) is 26.7. The van der Waals surface area contributed by atoms with Crippen LogP contribution in [-0.2, 0) is 9.20 Å². The predicted octanol–water partition coefficient (Wildman–Crippen LogP) is -0.850. The van der Waals surface area contributed by atoms with Gasteiger partial charge in [0.1, 0.15) is 0 Å². The Labute approximate surface area is 70.7 Å². The van der Waals surface area contributed by atoms with Gasteiger partial charge < -0.3 is 14.3 Å². The average Bonchev–Trinajstić information content (AvgIpc) is 2.72. The molecule has 0 spiro atoms. The molecule has 0 aromatic rings. The fraction of sp³-hybridized carbons (Fsp3) is 0.750. The summed E-state index contributed by atoms with van der Waals surface area (Å²) in [7, 11) is -3.13. The van der Waals surface area contributed by atoms with Crippen LogP contribution in [0, 0.1) is 11.8 Å². The fourth-order valence-electron chi connectivity index (χ4n) is 0.157. The van der Waals surface area contributed by atoms with Crippen LogP contribution >= 0.6 is 11.6 Å². The van der Waals surface area contributed by atoms with E-state index in [0.29, 0.717) is 12.0 Å². The molecule has 0 amide bonds. The maximum Gasteiger partial charge on any atom is 0.761 e. The van der Waals surface area contributed by atoms with Crippen molar-refractivity contribution in [2.45, 2.75) is 6.10 Å². The second-order valence-corrected chi connectivity index (χ2v) is 2.27. The van der Waals surface area contributed by atoms with E-state index in [-0.39, 0.29) is 0 Å². The highest BCUT2D eigenvalue weighted by atomic mass is 35.5. The highest BCUT2D eigenvalue weighted by Gasteiger charge is 2.19. The largest absolute Gasteiger partial charge is 0.761 e. The van der Waals surface area contributed by atoms with Gasteiger partial charge in [0.15, 0.2) is 0 Å². The molecule has 1 aliphatic heterocycles. The molecule has 64 valence electrons. The van der Waals surface area contributed by atoms with Crippen LogP contribution in [0.3, 0.4) is 0 Å². The van der Waals surface area contributed by atoms with E-state index in [0.717, 1.165) is 6.61 Å². The summed E-state index contributed by atoms with van der Waals surface area (Å²) < 4.78 is 13.5. The minimum Gasteiger partial charge on any atom is -0.511 e. The van der Waals surface area contributed by atoms with Crippen molar-refractivity contribution in [3.05, 3.63) is 0 Å². The summed E-state index contributed by atoms with van der Waals surface area (Å²) in [5, 5.41) is 6.50. The lowest BCUT2D eigenvalue weighted by molar-refractivity contribution is 0.330. The molecule has 1 unspecified atom stereocenters. The molecule has 1 rings (SSSR count). The van der Waals surface area contributed by atoms with Gasteiger partial charge in [-0.15, -0.1) is 11.6 Å². The number of alkyl halides is 1. The summed E-state index contributed by atoms with van der Waals surface area (Å²) >= 11 is 5.27. The van der Waals surface area contributed by atoms with Crippen molar-refractivity contribution >= 4 is 20.8 Å². The summed E-state index contributed by atoms with van der Waals surface area (Å²) in [6.45, 7) is 4.38. The zero-order valence-electron chi connectivity index (χ0n) is 5.61. The molecule has 0 radical (unpaired) electrons. The Morgan fingerprint density at radius 2 is 2.00 bits per heavy atom. The Hall–Kier alpha value is -0.643. The quantitative estimate of drug-likeness (QED) is 0.325. The molecular formula is C4H8ClNO4Si. The highest BCUT2D eigenvalue weighted by Crippen LogP contribution is 2.08. The Balaban J connectivity index is 0. The van der Waals surface area contributed by atoms with Gasteiger partial charge in [0.05, 0.1) is 18.6 Å². The van der Waals surface area contributed by atoms with E-state index in [2.05, 4.69) is 6.57 Å². The highest BCUT2D eigenvalue weighted by molar-refractivity contribution is 6.22. The number of halogens is 1. The summed E-state index contributed by atoms with van der Waals surface area (Å²) in [5.41, 5.74) is 0. The van der Waals surface area contributed by atoms with Crippen LogP contribution in [0.15, 0.2) is 0 Å². The number of nitrogens with zero attached hydrogens (tertiary/aromatic N) is 1. The van der Waals surface area contributed by atoms with Crippen LogP contribution in [0.5, 0.6) is 0 Å². The first-order chi connectivity index (χ1) is 5.16. The first-order valence-electron chi connectivity index (χ1n) is 2.52. The molecule has 0 aromatic heterocycles. The van der Waals surface area contributed by atoms with Crippen LogP contribution < -0.4 is 0 Å². The maximum atomic E-state index is 8.74. The van der Waals surface area contributed by atoms with Gasteiger partial charge in [0.25, 0.3) is 0 Å². The molecule has 11 heavy (non-hydrogen) atoms. The van der Waals surface area contributed by atoms with E-state index < -0.39 is 9.17 Å². The topological polar surface area (TPSA) is 93.9 Å². The number of hydrogen-bond acceptors (Lipinski definition) is 3. The molecule has 0 aromatic carbocycles. The van der Waals surface area contributed by atoms with E-state index >= 15 is 0 Å². The number of hydrogen-bond donors (Lipinski definition) is 2. The Kier molecular flexibility index (Phi) is 11.0. The van der Waals surface area contributed by atoms with Crippen molar-refractivity contribution in [3.8, 4) is 6.57 Å². The predicted molar refractivity (Wildman–Crippen MR) is 38.0 cm³/mol. The molecule has 1 atom stereocenters. The lowest BCUT2D eigenvalue weighted by Crippen LogP contribution is -1.90. The van der Waals surface area contributed by atoms with Crippen molar-refractivity contribution in [2.75, 3.05) is 12.5 Å².